The van der Waals surface area contributed by atoms with Crippen molar-refractivity contribution < 1.29 is 9.18 Å². The van der Waals surface area contributed by atoms with Gasteiger partial charge in [0.2, 0.25) is 5.91 Å². The molecule has 1 heterocycles. The number of carbonyl (C=O) groups is 1. The van der Waals surface area contributed by atoms with Crippen LogP contribution >= 0.6 is 0 Å². The van der Waals surface area contributed by atoms with Gasteiger partial charge in [-0.05, 0) is 31.2 Å². The molecule has 0 spiro atoms. The van der Waals surface area contributed by atoms with E-state index in [1.165, 1.54) is 6.07 Å². The fourth-order valence-corrected chi connectivity index (χ4v) is 3.42. The molecule has 0 saturated carbocycles. The van der Waals surface area contributed by atoms with Gasteiger partial charge >= 0.3 is 0 Å². The van der Waals surface area contributed by atoms with Crippen molar-refractivity contribution in [1.82, 2.24) is 4.90 Å². The Bertz CT molecular complexity index is 714. The molecule has 2 aromatic rings. The van der Waals surface area contributed by atoms with Crippen molar-refractivity contribution in [2.75, 3.05) is 49.1 Å². The Labute approximate surface area is 154 Å². The van der Waals surface area contributed by atoms with E-state index in [0.717, 1.165) is 38.4 Å². The summed E-state index contributed by atoms with van der Waals surface area (Å²) < 4.78 is 13.9. The highest BCUT2D eigenvalue weighted by Crippen LogP contribution is 2.20. The zero-order chi connectivity index (χ0) is 18.4. The molecule has 0 aromatic heterocycles. The van der Waals surface area contributed by atoms with E-state index in [4.69, 9.17) is 0 Å². The zero-order valence-electron chi connectivity index (χ0n) is 15.3. The van der Waals surface area contributed by atoms with Crippen molar-refractivity contribution in [1.29, 1.82) is 0 Å². The quantitative estimate of drug-likeness (QED) is 0.795. The lowest BCUT2D eigenvalue weighted by Gasteiger charge is -2.36. The van der Waals surface area contributed by atoms with Crippen LogP contribution in [-0.4, -0.2) is 50.1 Å². The van der Waals surface area contributed by atoms with Crippen molar-refractivity contribution >= 4 is 17.3 Å². The number of piperazine rings is 1. The van der Waals surface area contributed by atoms with Crippen LogP contribution in [0.4, 0.5) is 15.8 Å². The van der Waals surface area contributed by atoms with E-state index in [2.05, 4.69) is 9.80 Å². The molecular weight excluding hydrogens is 329 g/mol. The molecule has 0 bridgehead atoms. The first-order valence-corrected chi connectivity index (χ1v) is 9.26. The first-order valence-electron chi connectivity index (χ1n) is 9.26. The van der Waals surface area contributed by atoms with E-state index in [1.54, 1.807) is 6.07 Å². The molecule has 138 valence electrons. The molecule has 1 aliphatic heterocycles. The summed E-state index contributed by atoms with van der Waals surface area (Å²) >= 11 is 0. The van der Waals surface area contributed by atoms with Crippen LogP contribution < -0.4 is 9.80 Å². The molecule has 0 aliphatic carbocycles. The van der Waals surface area contributed by atoms with E-state index in [9.17, 15) is 9.18 Å². The second-order valence-electron chi connectivity index (χ2n) is 6.50. The van der Waals surface area contributed by atoms with Crippen LogP contribution in [-0.2, 0) is 4.79 Å². The minimum atomic E-state index is -0.169. The van der Waals surface area contributed by atoms with Gasteiger partial charge in [0.05, 0.1) is 5.69 Å². The summed E-state index contributed by atoms with van der Waals surface area (Å²) in [4.78, 5) is 18.8. The van der Waals surface area contributed by atoms with Crippen molar-refractivity contribution in [2.24, 2.45) is 0 Å². The third kappa shape index (κ3) is 4.41. The standard InChI is InChI=1S/C21H26FN3O/c1-2-25(18-8-4-3-5-9-18)21(26)12-13-23-14-16-24(17-15-23)20-11-7-6-10-19(20)22/h3-11H,2,12-17H2,1H3. The molecule has 3 rings (SSSR count). The molecule has 0 atom stereocenters. The highest BCUT2D eigenvalue weighted by molar-refractivity contribution is 5.93. The number of hydrogen-bond acceptors (Lipinski definition) is 3. The first-order chi connectivity index (χ1) is 12.7. The Kier molecular flexibility index (Phi) is 6.23. The average Bonchev–Trinajstić information content (AvgIpc) is 2.69. The number of anilines is 2. The van der Waals surface area contributed by atoms with Crippen LogP contribution in [0.1, 0.15) is 13.3 Å². The number of hydrogen-bond donors (Lipinski definition) is 0. The molecule has 0 unspecified atom stereocenters. The predicted molar refractivity (Wildman–Crippen MR) is 104 cm³/mol. The number of amides is 1. The van der Waals surface area contributed by atoms with Crippen LogP contribution in [0.25, 0.3) is 0 Å². The van der Waals surface area contributed by atoms with E-state index >= 15 is 0 Å². The molecule has 1 aliphatic rings. The maximum Gasteiger partial charge on any atom is 0.228 e. The van der Waals surface area contributed by atoms with Gasteiger partial charge in [-0.15, -0.1) is 0 Å². The summed E-state index contributed by atoms with van der Waals surface area (Å²) in [6, 6.07) is 16.7. The molecule has 1 amide bonds. The lowest BCUT2D eigenvalue weighted by atomic mass is 10.2. The normalized spacial score (nSPS) is 15.1. The van der Waals surface area contributed by atoms with Crippen LogP contribution in [0, 0.1) is 5.82 Å². The number of para-hydroxylation sites is 2. The van der Waals surface area contributed by atoms with Gasteiger partial charge in [0, 0.05) is 51.4 Å². The number of halogens is 1. The Balaban J connectivity index is 1.49. The van der Waals surface area contributed by atoms with Crippen LogP contribution in [0.2, 0.25) is 0 Å². The predicted octanol–water partition coefficient (Wildman–Crippen LogP) is 3.39. The minimum absolute atomic E-state index is 0.148. The summed E-state index contributed by atoms with van der Waals surface area (Å²) in [5.74, 6) is -0.0205. The zero-order valence-corrected chi connectivity index (χ0v) is 15.3. The van der Waals surface area contributed by atoms with Gasteiger partial charge in [-0.3, -0.25) is 9.69 Å². The van der Waals surface area contributed by atoms with E-state index < -0.39 is 0 Å². The summed E-state index contributed by atoms with van der Waals surface area (Å²) in [7, 11) is 0. The Morgan fingerprint density at radius 3 is 2.31 bits per heavy atom. The van der Waals surface area contributed by atoms with Gasteiger partial charge < -0.3 is 9.80 Å². The maximum atomic E-state index is 13.9. The third-order valence-corrected chi connectivity index (χ3v) is 4.89. The van der Waals surface area contributed by atoms with Crippen molar-refractivity contribution in [3.05, 3.63) is 60.4 Å². The third-order valence-electron chi connectivity index (χ3n) is 4.89. The molecule has 1 fully saturated rings. The molecule has 0 N–H and O–H groups in total. The highest BCUT2D eigenvalue weighted by atomic mass is 19.1. The maximum absolute atomic E-state index is 13.9. The van der Waals surface area contributed by atoms with Gasteiger partial charge in [0.15, 0.2) is 0 Å². The van der Waals surface area contributed by atoms with Crippen LogP contribution in [0.3, 0.4) is 0 Å². The highest BCUT2D eigenvalue weighted by Gasteiger charge is 2.21. The van der Waals surface area contributed by atoms with Crippen molar-refractivity contribution in [2.45, 2.75) is 13.3 Å². The Hall–Kier alpha value is -2.40. The first kappa shape index (κ1) is 18.4. The summed E-state index contributed by atoms with van der Waals surface area (Å²) in [5, 5.41) is 0. The van der Waals surface area contributed by atoms with E-state index in [0.29, 0.717) is 18.7 Å². The fraction of sp³-hybridized carbons (Fsp3) is 0.381. The van der Waals surface area contributed by atoms with E-state index in [-0.39, 0.29) is 11.7 Å². The molecule has 5 heteroatoms. The van der Waals surface area contributed by atoms with E-state index in [1.807, 2.05) is 54.3 Å². The number of nitrogens with zero attached hydrogens (tertiary/aromatic N) is 3. The summed E-state index contributed by atoms with van der Waals surface area (Å²) in [5.41, 5.74) is 1.62. The largest absolute Gasteiger partial charge is 0.367 e. The lowest BCUT2D eigenvalue weighted by Crippen LogP contribution is -2.47. The van der Waals surface area contributed by atoms with Gasteiger partial charge in [0.25, 0.3) is 0 Å². The number of rotatable bonds is 6. The van der Waals surface area contributed by atoms with Gasteiger partial charge in [-0.1, -0.05) is 30.3 Å². The SMILES string of the molecule is CCN(C(=O)CCN1CCN(c2ccccc2F)CC1)c1ccccc1. The second-order valence-corrected chi connectivity index (χ2v) is 6.50. The Morgan fingerprint density at radius 1 is 1.00 bits per heavy atom. The summed E-state index contributed by atoms with van der Waals surface area (Å²) in [6.45, 7) is 6.67. The molecule has 26 heavy (non-hydrogen) atoms. The summed E-state index contributed by atoms with van der Waals surface area (Å²) in [6.07, 6.45) is 0.502. The van der Waals surface area contributed by atoms with Crippen molar-refractivity contribution in [3.8, 4) is 0 Å². The number of benzene rings is 2. The molecule has 4 nitrogen and oxygen atoms in total. The van der Waals surface area contributed by atoms with Crippen molar-refractivity contribution in [3.63, 3.8) is 0 Å². The smallest absolute Gasteiger partial charge is 0.228 e. The molecule has 2 aromatic carbocycles. The lowest BCUT2D eigenvalue weighted by molar-refractivity contribution is -0.118. The fourth-order valence-electron chi connectivity index (χ4n) is 3.42. The van der Waals surface area contributed by atoms with Crippen LogP contribution in [0.5, 0.6) is 0 Å². The topological polar surface area (TPSA) is 26.8 Å². The minimum Gasteiger partial charge on any atom is -0.367 e. The Morgan fingerprint density at radius 2 is 1.65 bits per heavy atom. The molecule has 1 saturated heterocycles. The van der Waals surface area contributed by atoms with Gasteiger partial charge in [-0.2, -0.15) is 0 Å². The van der Waals surface area contributed by atoms with Gasteiger partial charge in [-0.25, -0.2) is 4.39 Å². The van der Waals surface area contributed by atoms with Crippen LogP contribution in [0.15, 0.2) is 54.6 Å². The molecule has 0 radical (unpaired) electrons. The average molecular weight is 355 g/mol. The van der Waals surface area contributed by atoms with Gasteiger partial charge in [0.1, 0.15) is 5.82 Å². The second kappa shape index (κ2) is 8.81. The molecular formula is C21H26FN3O. The monoisotopic (exact) mass is 355 g/mol. The number of carbonyl (C=O) groups excluding carboxylic acids is 1.